The highest BCUT2D eigenvalue weighted by Crippen LogP contribution is 2.22. The van der Waals surface area contributed by atoms with Crippen LogP contribution in [0.4, 0.5) is 4.39 Å². The van der Waals surface area contributed by atoms with Gasteiger partial charge in [-0.3, -0.25) is 4.79 Å². The molecule has 4 nitrogen and oxygen atoms in total. The van der Waals surface area contributed by atoms with Gasteiger partial charge < -0.3 is 10.1 Å². The molecule has 1 aromatic heterocycles. The first-order valence-electron chi connectivity index (χ1n) is 4.25. The predicted octanol–water partition coefficient (Wildman–Crippen LogP) is 2.02. The number of aromatic nitrogens is 1. The summed E-state index contributed by atoms with van der Waals surface area (Å²) in [6, 6.07) is 3.63. The van der Waals surface area contributed by atoms with E-state index in [1.54, 1.807) is 0 Å². The number of hydrogen-bond donors (Lipinski definition) is 2. The summed E-state index contributed by atoms with van der Waals surface area (Å²) in [4.78, 5) is 24.2. The fraction of sp³-hybridized carbons (Fsp3) is 0. The zero-order chi connectivity index (χ0) is 11.9. The SMILES string of the molecule is O=C(O)c1cc2c(F)c(Cl)ccc2c(=O)[nH]1. The van der Waals surface area contributed by atoms with E-state index in [0.29, 0.717) is 0 Å². The van der Waals surface area contributed by atoms with E-state index in [1.807, 2.05) is 0 Å². The van der Waals surface area contributed by atoms with Crippen molar-refractivity contribution in [2.45, 2.75) is 0 Å². The van der Waals surface area contributed by atoms with E-state index in [4.69, 9.17) is 16.7 Å². The second kappa shape index (κ2) is 3.61. The number of fused-ring (bicyclic) bond motifs is 1. The van der Waals surface area contributed by atoms with E-state index >= 15 is 0 Å². The Balaban J connectivity index is 2.94. The van der Waals surface area contributed by atoms with Gasteiger partial charge in [-0.1, -0.05) is 11.6 Å². The molecule has 0 fully saturated rings. The van der Waals surface area contributed by atoms with E-state index in [-0.39, 0.29) is 21.5 Å². The lowest BCUT2D eigenvalue weighted by molar-refractivity contribution is 0.0690. The van der Waals surface area contributed by atoms with Crippen molar-refractivity contribution in [2.24, 2.45) is 0 Å². The number of pyridine rings is 1. The number of carbonyl (C=O) groups is 1. The number of hydrogen-bond acceptors (Lipinski definition) is 2. The molecule has 6 heteroatoms. The van der Waals surface area contributed by atoms with E-state index in [9.17, 15) is 14.0 Å². The van der Waals surface area contributed by atoms with Gasteiger partial charge in [0.15, 0.2) is 0 Å². The minimum absolute atomic E-state index is 0.0619. The summed E-state index contributed by atoms with van der Waals surface area (Å²) < 4.78 is 13.5. The Kier molecular flexibility index (Phi) is 2.40. The van der Waals surface area contributed by atoms with E-state index in [1.165, 1.54) is 12.1 Å². The fourth-order valence-electron chi connectivity index (χ4n) is 1.39. The number of nitrogens with one attached hydrogen (secondary N) is 1. The average molecular weight is 242 g/mol. The van der Waals surface area contributed by atoms with Crippen molar-refractivity contribution in [3.05, 3.63) is 45.1 Å². The summed E-state index contributed by atoms with van der Waals surface area (Å²) in [7, 11) is 0. The summed E-state index contributed by atoms with van der Waals surface area (Å²) in [5.74, 6) is -2.13. The highest BCUT2D eigenvalue weighted by molar-refractivity contribution is 6.31. The molecule has 0 saturated heterocycles. The maximum absolute atomic E-state index is 13.5. The molecular weight excluding hydrogens is 237 g/mol. The third-order valence-electron chi connectivity index (χ3n) is 2.14. The van der Waals surface area contributed by atoms with Gasteiger partial charge in [-0.05, 0) is 18.2 Å². The molecule has 0 aliphatic heterocycles. The van der Waals surface area contributed by atoms with Crippen molar-refractivity contribution < 1.29 is 14.3 Å². The van der Waals surface area contributed by atoms with Crippen LogP contribution in [0, 0.1) is 5.82 Å². The number of halogens is 2. The van der Waals surface area contributed by atoms with Gasteiger partial charge in [0.2, 0.25) is 0 Å². The monoisotopic (exact) mass is 241 g/mol. The summed E-state index contributed by atoms with van der Waals surface area (Å²) in [5, 5.41) is 8.50. The zero-order valence-corrected chi connectivity index (χ0v) is 8.51. The Morgan fingerprint density at radius 2 is 2.06 bits per heavy atom. The minimum atomic E-state index is -1.33. The molecule has 1 aromatic carbocycles. The van der Waals surface area contributed by atoms with Crippen LogP contribution >= 0.6 is 11.6 Å². The van der Waals surface area contributed by atoms with Gasteiger partial charge in [-0.25, -0.2) is 9.18 Å². The molecule has 0 radical (unpaired) electrons. The molecule has 0 unspecified atom stereocenters. The van der Waals surface area contributed by atoms with Crippen molar-refractivity contribution in [1.82, 2.24) is 4.98 Å². The number of aromatic carboxylic acids is 1. The third-order valence-corrected chi connectivity index (χ3v) is 2.44. The molecule has 0 spiro atoms. The molecule has 0 saturated carbocycles. The predicted molar refractivity (Wildman–Crippen MR) is 56.5 cm³/mol. The number of aromatic amines is 1. The quantitative estimate of drug-likeness (QED) is 0.802. The van der Waals surface area contributed by atoms with Gasteiger partial charge in [-0.2, -0.15) is 0 Å². The number of benzene rings is 1. The summed E-state index contributed by atoms with van der Waals surface area (Å²) >= 11 is 5.54. The average Bonchev–Trinajstić information content (AvgIpc) is 2.23. The van der Waals surface area contributed by atoms with Crippen LogP contribution in [0.1, 0.15) is 10.5 Å². The molecule has 0 atom stereocenters. The summed E-state index contributed by atoms with van der Waals surface area (Å²) in [6.07, 6.45) is 0. The highest BCUT2D eigenvalue weighted by atomic mass is 35.5. The lowest BCUT2D eigenvalue weighted by Crippen LogP contribution is -2.13. The minimum Gasteiger partial charge on any atom is -0.477 e. The number of H-pyrrole nitrogens is 1. The van der Waals surface area contributed by atoms with Gasteiger partial charge in [0, 0.05) is 5.39 Å². The molecular formula is C10H5ClFNO3. The second-order valence-electron chi connectivity index (χ2n) is 3.14. The van der Waals surface area contributed by atoms with Crippen molar-refractivity contribution in [3.8, 4) is 0 Å². The summed E-state index contributed by atoms with van der Waals surface area (Å²) in [6.45, 7) is 0. The normalized spacial score (nSPS) is 10.6. The molecule has 2 N–H and O–H groups in total. The molecule has 16 heavy (non-hydrogen) atoms. The molecule has 0 bridgehead atoms. The van der Waals surface area contributed by atoms with Gasteiger partial charge in [0.1, 0.15) is 11.5 Å². The molecule has 1 heterocycles. The van der Waals surface area contributed by atoms with Gasteiger partial charge in [0.05, 0.1) is 10.4 Å². The molecule has 0 aliphatic rings. The Labute approximate surface area is 93.3 Å². The molecule has 82 valence electrons. The zero-order valence-electron chi connectivity index (χ0n) is 7.75. The van der Waals surface area contributed by atoms with Crippen LogP contribution < -0.4 is 5.56 Å². The van der Waals surface area contributed by atoms with E-state index in [0.717, 1.165) is 6.07 Å². The Bertz CT molecular complexity index is 650. The smallest absolute Gasteiger partial charge is 0.352 e. The van der Waals surface area contributed by atoms with Gasteiger partial charge >= 0.3 is 5.97 Å². The first kappa shape index (κ1) is 10.6. The van der Waals surface area contributed by atoms with Crippen LogP contribution in [0.5, 0.6) is 0 Å². The first-order chi connectivity index (χ1) is 7.50. The van der Waals surface area contributed by atoms with Gasteiger partial charge in [0.25, 0.3) is 5.56 Å². The number of carboxylic acid groups (broad SMARTS) is 1. The van der Waals surface area contributed by atoms with E-state index in [2.05, 4.69) is 4.98 Å². The maximum atomic E-state index is 13.5. The lowest BCUT2D eigenvalue weighted by Gasteiger charge is -2.02. The standard InChI is InChI=1S/C10H5ClFNO3/c11-6-2-1-4-5(8(6)12)3-7(10(15)16)13-9(4)14/h1-3H,(H,13,14)(H,15,16). The summed E-state index contributed by atoms with van der Waals surface area (Å²) in [5.41, 5.74) is -1.04. The largest absolute Gasteiger partial charge is 0.477 e. The topological polar surface area (TPSA) is 70.2 Å². The second-order valence-corrected chi connectivity index (χ2v) is 3.55. The molecule has 2 aromatic rings. The van der Waals surface area contributed by atoms with Crippen LogP contribution in [-0.2, 0) is 0 Å². The molecule has 0 amide bonds. The lowest BCUT2D eigenvalue weighted by atomic mass is 10.1. The van der Waals surface area contributed by atoms with Crippen molar-refractivity contribution in [1.29, 1.82) is 0 Å². The van der Waals surface area contributed by atoms with Gasteiger partial charge in [-0.15, -0.1) is 0 Å². The van der Waals surface area contributed by atoms with Crippen LogP contribution in [0.15, 0.2) is 23.0 Å². The highest BCUT2D eigenvalue weighted by Gasteiger charge is 2.12. The van der Waals surface area contributed by atoms with Crippen LogP contribution in [-0.4, -0.2) is 16.1 Å². The van der Waals surface area contributed by atoms with Crippen LogP contribution in [0.2, 0.25) is 5.02 Å². The maximum Gasteiger partial charge on any atom is 0.352 e. The van der Waals surface area contributed by atoms with Crippen molar-refractivity contribution in [3.63, 3.8) is 0 Å². The Hall–Kier alpha value is -1.88. The molecule has 2 rings (SSSR count). The number of rotatable bonds is 1. The van der Waals surface area contributed by atoms with Crippen LogP contribution in [0.3, 0.4) is 0 Å². The number of carboxylic acids is 1. The van der Waals surface area contributed by atoms with Crippen molar-refractivity contribution >= 4 is 28.3 Å². The van der Waals surface area contributed by atoms with Crippen molar-refractivity contribution in [2.75, 3.05) is 0 Å². The van der Waals surface area contributed by atoms with E-state index < -0.39 is 17.3 Å². The van der Waals surface area contributed by atoms with Crippen LogP contribution in [0.25, 0.3) is 10.8 Å². The third kappa shape index (κ3) is 1.55. The Morgan fingerprint density at radius 1 is 1.38 bits per heavy atom. The Morgan fingerprint density at radius 3 is 2.69 bits per heavy atom. The molecule has 0 aliphatic carbocycles. The fourth-order valence-corrected chi connectivity index (χ4v) is 1.56. The first-order valence-corrected chi connectivity index (χ1v) is 4.63.